The molecule has 3 aromatic carbocycles. The quantitative estimate of drug-likeness (QED) is 0.534. The molecule has 3 amide bonds. The van der Waals surface area contributed by atoms with E-state index in [-0.39, 0.29) is 17.4 Å². The van der Waals surface area contributed by atoms with E-state index in [1.807, 2.05) is 0 Å². The van der Waals surface area contributed by atoms with Crippen molar-refractivity contribution in [1.29, 1.82) is 0 Å². The summed E-state index contributed by atoms with van der Waals surface area (Å²) in [5, 5.41) is 8.04. The molecule has 0 aliphatic carbocycles. The number of hydrogen-bond donors (Lipinski definition) is 3. The van der Waals surface area contributed by atoms with Gasteiger partial charge in [0, 0.05) is 30.8 Å². The number of carbonyl (C=O) groups excluding carboxylic acids is 3. The van der Waals surface area contributed by atoms with Crippen LogP contribution in [0.2, 0.25) is 0 Å². The Kier molecular flexibility index (Phi) is 6.94. The minimum atomic E-state index is -0.697. The molecular formula is C24H21F2N3O3. The first kappa shape index (κ1) is 22.6. The molecule has 0 heterocycles. The summed E-state index contributed by atoms with van der Waals surface area (Å²) in [6, 6.07) is 14.9. The summed E-state index contributed by atoms with van der Waals surface area (Å²) in [7, 11) is 0. The van der Waals surface area contributed by atoms with Gasteiger partial charge in [-0.15, -0.1) is 0 Å². The Morgan fingerprint density at radius 2 is 1.09 bits per heavy atom. The molecule has 164 valence electrons. The Bertz CT molecular complexity index is 1070. The second kappa shape index (κ2) is 9.82. The van der Waals surface area contributed by atoms with Crippen LogP contribution in [0.5, 0.6) is 0 Å². The lowest BCUT2D eigenvalue weighted by atomic mass is 9.98. The number of benzene rings is 3. The monoisotopic (exact) mass is 437 g/mol. The fraction of sp³-hybridized carbons (Fsp3) is 0.125. The van der Waals surface area contributed by atoms with Gasteiger partial charge in [-0.05, 0) is 53.6 Å². The molecule has 0 aliphatic rings. The highest BCUT2D eigenvalue weighted by Crippen LogP contribution is 2.25. The third-order valence-corrected chi connectivity index (χ3v) is 4.52. The molecule has 0 fully saturated rings. The lowest BCUT2D eigenvalue weighted by Gasteiger charge is -2.21. The lowest BCUT2D eigenvalue weighted by Crippen LogP contribution is -2.29. The highest BCUT2D eigenvalue weighted by molar-refractivity contribution is 6.00. The average Bonchev–Trinajstić information content (AvgIpc) is 2.72. The minimum absolute atomic E-state index is 0.175. The van der Waals surface area contributed by atoms with Crippen LogP contribution >= 0.6 is 0 Å². The zero-order chi connectivity index (χ0) is 23.3. The molecule has 0 saturated heterocycles. The second-order valence-electron chi connectivity index (χ2n) is 7.17. The third-order valence-electron chi connectivity index (χ3n) is 4.52. The molecule has 8 heteroatoms. The molecule has 0 aliphatic heterocycles. The summed E-state index contributed by atoms with van der Waals surface area (Å²) in [6.07, 6.45) is 0. The van der Waals surface area contributed by atoms with E-state index in [0.717, 1.165) is 0 Å². The maximum atomic E-state index is 13.4. The zero-order valence-electron chi connectivity index (χ0n) is 17.4. The summed E-state index contributed by atoms with van der Waals surface area (Å²) in [4.78, 5) is 36.1. The molecule has 0 aromatic heterocycles. The molecular weight excluding hydrogens is 416 g/mol. The standard InChI is InChI=1S/C24H21F2N3O3/c1-14(30)27-21-11-18(12-22(13-21)28-15(2)31)24(32)29-23(16-3-7-19(25)8-4-16)17-5-9-20(26)10-6-17/h3-13,23H,1-2H3,(H,27,30)(H,28,31)(H,29,32). The Morgan fingerprint density at radius 3 is 1.47 bits per heavy atom. The van der Waals surface area contributed by atoms with Crippen LogP contribution in [0.15, 0.2) is 66.7 Å². The molecule has 6 nitrogen and oxygen atoms in total. The van der Waals surface area contributed by atoms with E-state index >= 15 is 0 Å². The number of nitrogens with one attached hydrogen (secondary N) is 3. The highest BCUT2D eigenvalue weighted by atomic mass is 19.1. The van der Waals surface area contributed by atoms with Gasteiger partial charge in [-0.1, -0.05) is 24.3 Å². The van der Waals surface area contributed by atoms with E-state index in [9.17, 15) is 23.2 Å². The van der Waals surface area contributed by atoms with Crippen molar-refractivity contribution in [1.82, 2.24) is 5.32 Å². The number of halogens is 2. The molecule has 3 aromatic rings. The summed E-state index contributed by atoms with van der Waals surface area (Å²) in [6.45, 7) is 2.65. The molecule has 0 atom stereocenters. The van der Waals surface area contributed by atoms with Crippen LogP contribution in [0, 0.1) is 11.6 Å². The first-order valence-electron chi connectivity index (χ1n) is 9.73. The first-order valence-corrected chi connectivity index (χ1v) is 9.73. The fourth-order valence-electron chi connectivity index (χ4n) is 3.19. The Balaban J connectivity index is 1.97. The van der Waals surface area contributed by atoms with Gasteiger partial charge in [0.15, 0.2) is 0 Å². The molecule has 0 radical (unpaired) electrons. The van der Waals surface area contributed by atoms with Crippen molar-refractivity contribution in [3.63, 3.8) is 0 Å². The molecule has 0 spiro atoms. The van der Waals surface area contributed by atoms with Gasteiger partial charge in [0.25, 0.3) is 5.91 Å². The van der Waals surface area contributed by atoms with Gasteiger partial charge >= 0.3 is 0 Å². The Labute approximate surface area is 183 Å². The van der Waals surface area contributed by atoms with Gasteiger partial charge in [0.2, 0.25) is 11.8 Å². The predicted octanol–water partition coefficient (Wildman–Crippen LogP) is 4.40. The SMILES string of the molecule is CC(=O)Nc1cc(NC(C)=O)cc(C(=O)NC(c2ccc(F)cc2)c2ccc(F)cc2)c1. The normalized spacial score (nSPS) is 10.5. The maximum Gasteiger partial charge on any atom is 0.252 e. The van der Waals surface area contributed by atoms with Crippen molar-refractivity contribution in [2.75, 3.05) is 10.6 Å². The van der Waals surface area contributed by atoms with Gasteiger partial charge in [-0.25, -0.2) is 8.78 Å². The van der Waals surface area contributed by atoms with Crippen molar-refractivity contribution in [3.05, 3.63) is 95.1 Å². The van der Waals surface area contributed by atoms with Gasteiger partial charge in [-0.3, -0.25) is 14.4 Å². The fourth-order valence-corrected chi connectivity index (χ4v) is 3.19. The van der Waals surface area contributed by atoms with Crippen LogP contribution < -0.4 is 16.0 Å². The molecule has 0 bridgehead atoms. The largest absolute Gasteiger partial charge is 0.341 e. The smallest absolute Gasteiger partial charge is 0.252 e. The minimum Gasteiger partial charge on any atom is -0.341 e. The maximum absolute atomic E-state index is 13.4. The van der Waals surface area contributed by atoms with Gasteiger partial charge < -0.3 is 16.0 Å². The van der Waals surface area contributed by atoms with Gasteiger partial charge in [0.1, 0.15) is 11.6 Å². The van der Waals surface area contributed by atoms with E-state index in [2.05, 4.69) is 16.0 Å². The van der Waals surface area contributed by atoms with Crippen LogP contribution in [0.4, 0.5) is 20.2 Å². The van der Waals surface area contributed by atoms with E-state index in [0.29, 0.717) is 22.5 Å². The Hall–Kier alpha value is -4.07. The molecule has 32 heavy (non-hydrogen) atoms. The van der Waals surface area contributed by atoms with Crippen LogP contribution in [-0.4, -0.2) is 17.7 Å². The van der Waals surface area contributed by atoms with Gasteiger partial charge in [0.05, 0.1) is 6.04 Å². The number of carbonyl (C=O) groups is 3. The van der Waals surface area contributed by atoms with Crippen molar-refractivity contribution >= 4 is 29.1 Å². The zero-order valence-corrected chi connectivity index (χ0v) is 17.4. The van der Waals surface area contributed by atoms with Crippen molar-refractivity contribution in [2.45, 2.75) is 19.9 Å². The molecule has 3 rings (SSSR count). The predicted molar refractivity (Wildman–Crippen MR) is 117 cm³/mol. The topological polar surface area (TPSA) is 87.3 Å². The number of amides is 3. The molecule has 0 saturated carbocycles. The molecule has 0 unspecified atom stereocenters. The van der Waals surface area contributed by atoms with Crippen molar-refractivity contribution in [3.8, 4) is 0 Å². The van der Waals surface area contributed by atoms with E-state index in [4.69, 9.17) is 0 Å². The summed E-state index contributed by atoms with van der Waals surface area (Å²) < 4.78 is 26.8. The number of hydrogen-bond acceptors (Lipinski definition) is 3. The summed E-state index contributed by atoms with van der Waals surface area (Å²) in [5.74, 6) is -2.05. The van der Waals surface area contributed by atoms with Crippen LogP contribution in [0.25, 0.3) is 0 Å². The van der Waals surface area contributed by atoms with Crippen LogP contribution in [-0.2, 0) is 9.59 Å². The van der Waals surface area contributed by atoms with Crippen LogP contribution in [0.3, 0.4) is 0 Å². The van der Waals surface area contributed by atoms with Crippen LogP contribution in [0.1, 0.15) is 41.4 Å². The average molecular weight is 437 g/mol. The lowest BCUT2D eigenvalue weighted by molar-refractivity contribution is -0.115. The summed E-state index contributed by atoms with van der Waals surface area (Å²) in [5.41, 5.74) is 2.01. The van der Waals surface area contributed by atoms with E-state index in [1.54, 1.807) is 0 Å². The highest BCUT2D eigenvalue weighted by Gasteiger charge is 2.19. The Morgan fingerprint density at radius 1 is 0.688 bits per heavy atom. The van der Waals surface area contributed by atoms with Gasteiger partial charge in [-0.2, -0.15) is 0 Å². The van der Waals surface area contributed by atoms with Crippen molar-refractivity contribution < 1.29 is 23.2 Å². The molecule has 3 N–H and O–H groups in total. The number of rotatable bonds is 6. The van der Waals surface area contributed by atoms with Crippen molar-refractivity contribution in [2.24, 2.45) is 0 Å². The number of anilines is 2. The van der Waals surface area contributed by atoms with E-state index < -0.39 is 23.6 Å². The third kappa shape index (κ3) is 5.98. The first-order chi connectivity index (χ1) is 15.2. The summed E-state index contributed by atoms with van der Waals surface area (Å²) >= 11 is 0. The van der Waals surface area contributed by atoms with E-state index in [1.165, 1.54) is 80.6 Å². The second-order valence-corrected chi connectivity index (χ2v) is 7.17.